The topological polar surface area (TPSA) is 66.4 Å². The molecule has 1 saturated carbocycles. The second-order valence-corrected chi connectivity index (χ2v) is 6.70. The van der Waals surface area contributed by atoms with Crippen LogP contribution in [0, 0.1) is 0 Å². The fourth-order valence-corrected chi connectivity index (χ4v) is 3.16. The molecule has 2 N–H and O–H groups in total. The Balaban J connectivity index is 1.91. The summed E-state index contributed by atoms with van der Waals surface area (Å²) in [5.41, 5.74) is 0.590. The Bertz CT molecular complexity index is 518. The van der Waals surface area contributed by atoms with Gasteiger partial charge in [-0.25, -0.2) is 4.79 Å². The Morgan fingerprint density at radius 1 is 1.58 bits per heavy atom. The molecule has 0 spiro atoms. The number of carbonyl (C=O) groups excluding carboxylic acids is 1. The van der Waals surface area contributed by atoms with Crippen LogP contribution in [-0.2, 0) is 4.79 Å². The summed E-state index contributed by atoms with van der Waals surface area (Å²) in [5, 5.41) is 13.2. The van der Waals surface area contributed by atoms with Gasteiger partial charge in [0.15, 0.2) is 0 Å². The highest BCUT2D eigenvalue weighted by molar-refractivity contribution is 8.00. The normalized spacial score (nSPS) is 16.5. The molecule has 4 nitrogen and oxygen atoms in total. The van der Waals surface area contributed by atoms with Gasteiger partial charge in [-0.15, -0.1) is 11.3 Å². The molecule has 0 radical (unpaired) electrons. The summed E-state index contributed by atoms with van der Waals surface area (Å²) >= 11 is 3.16. The minimum absolute atomic E-state index is 0.0912. The average Bonchev–Trinajstić information content (AvgIpc) is 3.02. The molecule has 1 fully saturated rings. The standard InChI is InChI=1S/C13H15NO3S2/c1-18-13(4-5-13)8-14-12(17)9-6-10(19-7-9)2-3-11(15)16/h2-3,6-7H,4-5,8H2,1H3,(H,14,17)(H,15,16)/b3-2+. The lowest BCUT2D eigenvalue weighted by Crippen LogP contribution is -2.31. The molecule has 19 heavy (non-hydrogen) atoms. The van der Waals surface area contributed by atoms with E-state index in [0.717, 1.165) is 23.8 Å². The van der Waals surface area contributed by atoms with Gasteiger partial charge in [0.05, 0.1) is 5.56 Å². The summed E-state index contributed by atoms with van der Waals surface area (Å²) in [6, 6.07) is 1.71. The molecule has 1 aromatic rings. The number of hydrogen-bond donors (Lipinski definition) is 2. The van der Waals surface area contributed by atoms with Crippen molar-refractivity contribution in [2.24, 2.45) is 0 Å². The Labute approximate surface area is 119 Å². The molecule has 1 aliphatic carbocycles. The van der Waals surface area contributed by atoms with Crippen LogP contribution in [0.2, 0.25) is 0 Å². The van der Waals surface area contributed by atoms with Crippen LogP contribution < -0.4 is 5.32 Å². The average molecular weight is 297 g/mol. The number of thiophene rings is 1. The van der Waals surface area contributed by atoms with Crippen molar-refractivity contribution >= 4 is 41.1 Å². The zero-order valence-corrected chi connectivity index (χ0v) is 12.1. The molecule has 6 heteroatoms. The van der Waals surface area contributed by atoms with Crippen molar-refractivity contribution in [2.75, 3.05) is 12.8 Å². The Hall–Kier alpha value is -1.27. The maximum atomic E-state index is 11.9. The predicted molar refractivity (Wildman–Crippen MR) is 78.8 cm³/mol. The lowest BCUT2D eigenvalue weighted by Gasteiger charge is -2.12. The van der Waals surface area contributed by atoms with Crippen molar-refractivity contribution in [3.8, 4) is 0 Å². The SMILES string of the molecule is CSC1(CNC(=O)c2csc(/C=C/C(=O)O)c2)CC1. The first-order valence-electron chi connectivity index (χ1n) is 5.87. The van der Waals surface area contributed by atoms with E-state index in [1.54, 1.807) is 23.2 Å². The van der Waals surface area contributed by atoms with Gasteiger partial charge in [-0.3, -0.25) is 4.79 Å². The van der Waals surface area contributed by atoms with Crippen LogP contribution >= 0.6 is 23.1 Å². The number of carbonyl (C=O) groups is 2. The molecular weight excluding hydrogens is 282 g/mol. The van der Waals surface area contributed by atoms with Crippen LogP contribution in [0.15, 0.2) is 17.5 Å². The summed E-state index contributed by atoms with van der Waals surface area (Å²) in [5.74, 6) is -1.08. The van der Waals surface area contributed by atoms with E-state index >= 15 is 0 Å². The smallest absolute Gasteiger partial charge is 0.328 e. The van der Waals surface area contributed by atoms with Crippen molar-refractivity contribution in [3.05, 3.63) is 28.0 Å². The van der Waals surface area contributed by atoms with E-state index in [2.05, 4.69) is 11.6 Å². The van der Waals surface area contributed by atoms with Gasteiger partial charge in [-0.1, -0.05) is 0 Å². The zero-order valence-electron chi connectivity index (χ0n) is 10.5. The Morgan fingerprint density at radius 3 is 2.89 bits per heavy atom. The summed E-state index contributed by atoms with van der Waals surface area (Å²) in [6.07, 6.45) is 6.95. The molecule has 1 heterocycles. The molecule has 1 aliphatic rings. The third-order valence-corrected chi connectivity index (χ3v) is 5.40. The van der Waals surface area contributed by atoms with E-state index in [4.69, 9.17) is 5.11 Å². The van der Waals surface area contributed by atoms with E-state index in [-0.39, 0.29) is 10.7 Å². The van der Waals surface area contributed by atoms with Crippen molar-refractivity contribution in [3.63, 3.8) is 0 Å². The van der Waals surface area contributed by atoms with E-state index in [0.29, 0.717) is 12.1 Å². The number of rotatable bonds is 6. The van der Waals surface area contributed by atoms with Crippen LogP contribution in [0.1, 0.15) is 28.1 Å². The number of thioether (sulfide) groups is 1. The minimum Gasteiger partial charge on any atom is -0.478 e. The highest BCUT2D eigenvalue weighted by Gasteiger charge is 2.41. The second kappa shape index (κ2) is 5.79. The lowest BCUT2D eigenvalue weighted by atomic mass is 10.2. The van der Waals surface area contributed by atoms with E-state index in [1.165, 1.54) is 17.4 Å². The largest absolute Gasteiger partial charge is 0.478 e. The van der Waals surface area contributed by atoms with Crippen LogP contribution in [-0.4, -0.2) is 34.5 Å². The molecule has 2 rings (SSSR count). The quantitative estimate of drug-likeness (QED) is 0.792. The van der Waals surface area contributed by atoms with E-state index in [1.807, 2.05) is 0 Å². The lowest BCUT2D eigenvalue weighted by molar-refractivity contribution is -0.131. The number of aliphatic carboxylic acids is 1. The third kappa shape index (κ3) is 3.84. The number of nitrogens with one attached hydrogen (secondary N) is 1. The van der Waals surface area contributed by atoms with Crippen molar-refractivity contribution in [1.29, 1.82) is 0 Å². The van der Waals surface area contributed by atoms with Crippen molar-refractivity contribution in [2.45, 2.75) is 17.6 Å². The highest BCUT2D eigenvalue weighted by atomic mass is 32.2. The van der Waals surface area contributed by atoms with Gasteiger partial charge in [0, 0.05) is 27.6 Å². The van der Waals surface area contributed by atoms with Gasteiger partial charge in [0.2, 0.25) is 0 Å². The maximum absolute atomic E-state index is 11.9. The maximum Gasteiger partial charge on any atom is 0.328 e. The molecule has 0 saturated heterocycles. The first kappa shape index (κ1) is 14.1. The van der Waals surface area contributed by atoms with E-state index in [9.17, 15) is 9.59 Å². The predicted octanol–water partition coefficient (Wildman–Crippen LogP) is 2.47. The van der Waals surface area contributed by atoms with Crippen LogP contribution in [0.25, 0.3) is 6.08 Å². The van der Waals surface area contributed by atoms with Crippen molar-refractivity contribution in [1.82, 2.24) is 5.32 Å². The van der Waals surface area contributed by atoms with Crippen LogP contribution in [0.4, 0.5) is 0 Å². The number of carboxylic acids is 1. The van der Waals surface area contributed by atoms with E-state index < -0.39 is 5.97 Å². The van der Waals surface area contributed by atoms with Crippen LogP contribution in [0.3, 0.4) is 0 Å². The molecule has 0 aliphatic heterocycles. The molecule has 1 amide bonds. The molecule has 1 aromatic heterocycles. The minimum atomic E-state index is -0.991. The number of carboxylic acid groups (broad SMARTS) is 1. The second-order valence-electron chi connectivity index (χ2n) is 4.48. The van der Waals surface area contributed by atoms with Crippen molar-refractivity contribution < 1.29 is 14.7 Å². The summed E-state index contributed by atoms with van der Waals surface area (Å²) in [4.78, 5) is 23.1. The zero-order chi connectivity index (χ0) is 13.9. The van der Waals surface area contributed by atoms with Gasteiger partial charge in [0.25, 0.3) is 5.91 Å². The molecule has 0 aromatic carbocycles. The molecule has 102 valence electrons. The third-order valence-electron chi connectivity index (χ3n) is 3.08. The fraction of sp³-hybridized carbons (Fsp3) is 0.385. The van der Waals surface area contributed by atoms with Crippen LogP contribution in [0.5, 0.6) is 0 Å². The number of hydrogen-bond acceptors (Lipinski definition) is 4. The van der Waals surface area contributed by atoms with Gasteiger partial charge < -0.3 is 10.4 Å². The molecular formula is C13H15NO3S2. The summed E-state index contributed by atoms with van der Waals surface area (Å²) < 4.78 is 0.248. The molecule has 0 bridgehead atoms. The summed E-state index contributed by atoms with van der Waals surface area (Å²) in [7, 11) is 0. The summed E-state index contributed by atoms with van der Waals surface area (Å²) in [6.45, 7) is 0.698. The number of amides is 1. The molecule has 0 unspecified atom stereocenters. The Morgan fingerprint density at radius 2 is 2.32 bits per heavy atom. The van der Waals surface area contributed by atoms with Gasteiger partial charge in [0.1, 0.15) is 0 Å². The first-order valence-corrected chi connectivity index (χ1v) is 7.98. The first-order chi connectivity index (χ1) is 9.04. The Kier molecular flexibility index (Phi) is 4.31. The monoisotopic (exact) mass is 297 g/mol. The van der Waals surface area contributed by atoms with Gasteiger partial charge in [-0.2, -0.15) is 11.8 Å². The van der Waals surface area contributed by atoms with Gasteiger partial charge in [-0.05, 0) is 31.2 Å². The fourth-order valence-electron chi connectivity index (χ4n) is 1.65. The molecule has 0 atom stereocenters. The van der Waals surface area contributed by atoms with Gasteiger partial charge >= 0.3 is 5.97 Å². The highest BCUT2D eigenvalue weighted by Crippen LogP contribution is 2.46.